The molecule has 0 saturated carbocycles. The highest BCUT2D eigenvalue weighted by Gasteiger charge is 2.46. The smallest absolute Gasteiger partial charge is 0.454 e. The number of carbonyl (C=O) groups is 2. The van der Waals surface area contributed by atoms with Crippen molar-refractivity contribution in [1.82, 2.24) is 0 Å². The topological polar surface area (TPSA) is 71.1 Å². The van der Waals surface area contributed by atoms with Gasteiger partial charge >= 0.3 is 19.1 Å². The second-order valence-corrected chi connectivity index (χ2v) is 2.73. The number of methoxy groups -OCH3 is 2. The van der Waals surface area contributed by atoms with Gasteiger partial charge in [0.05, 0.1) is 14.2 Å². The zero-order valence-corrected chi connectivity index (χ0v) is 8.18. The molecule has 0 N–H and O–H groups in total. The van der Waals surface area contributed by atoms with Gasteiger partial charge in [0.25, 0.3) is 0 Å². The maximum absolute atomic E-state index is 11.2. The Kier molecular flexibility index (Phi) is 3.48. The lowest BCUT2D eigenvalue weighted by molar-refractivity contribution is -0.160. The van der Waals surface area contributed by atoms with E-state index in [1.54, 1.807) is 6.82 Å². The van der Waals surface area contributed by atoms with Crippen molar-refractivity contribution < 1.29 is 28.4 Å². The molecule has 6 nitrogen and oxygen atoms in total. The Bertz CT molecular complexity index is 218. The number of carbonyl (C=O) groups excluding carboxylic acids is 2. The van der Waals surface area contributed by atoms with Gasteiger partial charge in [0.1, 0.15) is 0 Å². The molecule has 7 heteroatoms. The summed E-state index contributed by atoms with van der Waals surface area (Å²) in [4.78, 5) is 22.3. The van der Waals surface area contributed by atoms with Gasteiger partial charge in [-0.3, -0.25) is 0 Å². The molecule has 0 aromatic rings. The monoisotopic (exact) mass is 202 g/mol. The van der Waals surface area contributed by atoms with Crippen molar-refractivity contribution in [3.05, 3.63) is 0 Å². The summed E-state index contributed by atoms with van der Waals surface area (Å²) in [5.74, 6) is -1.30. The number of esters is 2. The molecule has 1 rings (SSSR count). The average molecular weight is 202 g/mol. The van der Waals surface area contributed by atoms with Gasteiger partial charge in [-0.2, -0.15) is 0 Å². The van der Waals surface area contributed by atoms with Gasteiger partial charge in [0.15, 0.2) is 12.2 Å². The van der Waals surface area contributed by atoms with Crippen molar-refractivity contribution in [3.8, 4) is 0 Å². The average Bonchev–Trinajstić information content (AvgIpc) is 2.58. The Morgan fingerprint density at radius 3 is 1.71 bits per heavy atom. The SMILES string of the molecule is COC(=O)[C@@H]1OB(C)O[C@H]1C(=O)OC. The first-order valence-electron chi connectivity index (χ1n) is 4.06. The first-order chi connectivity index (χ1) is 6.60. The van der Waals surface area contributed by atoms with Crippen LogP contribution in [0.1, 0.15) is 0 Å². The van der Waals surface area contributed by atoms with Crippen LogP contribution in [0.3, 0.4) is 0 Å². The molecule has 0 aliphatic carbocycles. The van der Waals surface area contributed by atoms with Gasteiger partial charge in [-0.25, -0.2) is 9.59 Å². The highest BCUT2D eigenvalue weighted by molar-refractivity contribution is 6.44. The van der Waals surface area contributed by atoms with Crippen LogP contribution in [0.5, 0.6) is 0 Å². The summed E-state index contributed by atoms with van der Waals surface area (Å²) < 4.78 is 19.0. The van der Waals surface area contributed by atoms with Gasteiger partial charge in [-0.05, 0) is 6.82 Å². The summed E-state index contributed by atoms with van der Waals surface area (Å²) in [6, 6.07) is 0. The van der Waals surface area contributed by atoms with E-state index in [0.717, 1.165) is 0 Å². The van der Waals surface area contributed by atoms with E-state index in [-0.39, 0.29) is 0 Å². The molecule has 1 fully saturated rings. The maximum Gasteiger partial charge on any atom is 0.454 e. The molecule has 1 heterocycles. The highest BCUT2D eigenvalue weighted by Crippen LogP contribution is 2.18. The number of hydrogen-bond donors (Lipinski definition) is 0. The van der Waals surface area contributed by atoms with Crippen LogP contribution in [-0.4, -0.2) is 45.5 Å². The molecule has 0 bridgehead atoms. The van der Waals surface area contributed by atoms with E-state index in [1.807, 2.05) is 0 Å². The van der Waals surface area contributed by atoms with E-state index < -0.39 is 31.3 Å². The fourth-order valence-corrected chi connectivity index (χ4v) is 1.18. The minimum Gasteiger partial charge on any atom is -0.467 e. The van der Waals surface area contributed by atoms with Crippen molar-refractivity contribution in [1.29, 1.82) is 0 Å². The molecule has 0 unspecified atom stereocenters. The van der Waals surface area contributed by atoms with Crippen molar-refractivity contribution in [3.63, 3.8) is 0 Å². The van der Waals surface area contributed by atoms with Crippen LogP contribution in [0, 0.1) is 0 Å². The van der Waals surface area contributed by atoms with Crippen molar-refractivity contribution in [2.45, 2.75) is 19.0 Å². The largest absolute Gasteiger partial charge is 0.467 e. The molecule has 0 aromatic carbocycles. The second kappa shape index (κ2) is 4.43. The molecule has 0 radical (unpaired) electrons. The third-order valence-corrected chi connectivity index (χ3v) is 1.82. The molecule has 0 spiro atoms. The molecule has 1 aliphatic rings. The summed E-state index contributed by atoms with van der Waals surface area (Å²) in [6.45, 7) is 1.58. The molecule has 1 saturated heterocycles. The summed E-state index contributed by atoms with van der Waals surface area (Å²) in [7, 11) is 1.80. The van der Waals surface area contributed by atoms with Gasteiger partial charge in [-0.15, -0.1) is 0 Å². The molecule has 1 aliphatic heterocycles. The van der Waals surface area contributed by atoms with Crippen LogP contribution in [-0.2, 0) is 28.4 Å². The molecular formula is C7H11BO6. The van der Waals surface area contributed by atoms with Crippen molar-refractivity contribution in [2.75, 3.05) is 14.2 Å². The Hall–Kier alpha value is -1.08. The summed E-state index contributed by atoms with van der Waals surface area (Å²) in [5.41, 5.74) is 0. The predicted molar refractivity (Wildman–Crippen MR) is 45.4 cm³/mol. The lowest BCUT2D eigenvalue weighted by Crippen LogP contribution is -2.38. The van der Waals surface area contributed by atoms with Gasteiger partial charge in [0.2, 0.25) is 0 Å². The number of rotatable bonds is 2. The Labute approximate surface area is 81.6 Å². The van der Waals surface area contributed by atoms with E-state index in [4.69, 9.17) is 9.31 Å². The summed E-state index contributed by atoms with van der Waals surface area (Å²) in [6.07, 6.45) is -2.08. The number of hydrogen-bond acceptors (Lipinski definition) is 6. The third-order valence-electron chi connectivity index (χ3n) is 1.82. The van der Waals surface area contributed by atoms with Crippen LogP contribution < -0.4 is 0 Å². The second-order valence-electron chi connectivity index (χ2n) is 2.73. The number of ether oxygens (including phenoxy) is 2. The minimum absolute atomic E-state index is 0.622. The molecule has 2 atom stereocenters. The van der Waals surface area contributed by atoms with Gasteiger partial charge in [-0.1, -0.05) is 0 Å². The normalized spacial score (nSPS) is 26.1. The van der Waals surface area contributed by atoms with Gasteiger partial charge < -0.3 is 18.8 Å². The Morgan fingerprint density at radius 1 is 1.07 bits per heavy atom. The highest BCUT2D eigenvalue weighted by atomic mass is 16.7. The first kappa shape index (κ1) is 11.0. The molecule has 14 heavy (non-hydrogen) atoms. The van der Waals surface area contributed by atoms with E-state index >= 15 is 0 Å². The quantitative estimate of drug-likeness (QED) is 0.432. The first-order valence-corrected chi connectivity index (χ1v) is 4.06. The van der Waals surface area contributed by atoms with E-state index in [0.29, 0.717) is 0 Å². The zero-order valence-electron chi connectivity index (χ0n) is 8.18. The third kappa shape index (κ3) is 2.05. The lowest BCUT2D eigenvalue weighted by Gasteiger charge is -2.13. The Balaban J connectivity index is 2.72. The van der Waals surface area contributed by atoms with Gasteiger partial charge in [0, 0.05) is 0 Å². The van der Waals surface area contributed by atoms with Crippen LogP contribution in [0.15, 0.2) is 0 Å². The standard InChI is InChI=1S/C7H11BO6/c1-8-13-4(6(9)11-2)5(14-8)7(10)12-3/h4-5H,1-3H3/t4-,5-/m1/s1. The minimum atomic E-state index is -1.04. The van der Waals surface area contributed by atoms with Crippen LogP contribution in [0.25, 0.3) is 0 Å². The fraction of sp³-hybridized carbons (Fsp3) is 0.714. The maximum atomic E-state index is 11.2. The molecule has 0 aromatic heterocycles. The molecular weight excluding hydrogens is 191 g/mol. The molecule has 78 valence electrons. The fourth-order valence-electron chi connectivity index (χ4n) is 1.18. The van der Waals surface area contributed by atoms with Crippen molar-refractivity contribution in [2.24, 2.45) is 0 Å². The van der Waals surface area contributed by atoms with Crippen molar-refractivity contribution >= 4 is 19.1 Å². The summed E-state index contributed by atoms with van der Waals surface area (Å²) in [5, 5.41) is 0. The van der Waals surface area contributed by atoms with E-state index in [9.17, 15) is 9.59 Å². The molecule has 0 amide bonds. The van der Waals surface area contributed by atoms with Crippen LogP contribution in [0.2, 0.25) is 6.82 Å². The zero-order chi connectivity index (χ0) is 10.7. The summed E-state index contributed by atoms with van der Waals surface area (Å²) >= 11 is 0. The van der Waals surface area contributed by atoms with Crippen LogP contribution in [0.4, 0.5) is 0 Å². The predicted octanol–water partition coefficient (Wildman–Crippen LogP) is -0.766. The lowest BCUT2D eigenvalue weighted by atomic mass is 9.97. The van der Waals surface area contributed by atoms with E-state index in [2.05, 4.69) is 9.47 Å². The van der Waals surface area contributed by atoms with E-state index in [1.165, 1.54) is 14.2 Å². The Morgan fingerprint density at radius 2 is 1.43 bits per heavy atom. The van der Waals surface area contributed by atoms with Crippen LogP contribution >= 0.6 is 0 Å².